The third-order valence-corrected chi connectivity index (χ3v) is 5.64. The molecule has 1 atom stereocenters. The van der Waals surface area contributed by atoms with E-state index in [1.54, 1.807) is 10.7 Å². The molecule has 2 aromatic carbocycles. The van der Waals surface area contributed by atoms with E-state index in [0.717, 1.165) is 16.8 Å². The van der Waals surface area contributed by atoms with Gasteiger partial charge in [-0.2, -0.15) is 4.68 Å². The minimum Gasteiger partial charge on any atom is -0.325 e. The summed E-state index contributed by atoms with van der Waals surface area (Å²) in [6.07, 6.45) is 0. The van der Waals surface area contributed by atoms with Crippen LogP contribution in [0, 0.1) is 20.8 Å². The van der Waals surface area contributed by atoms with Gasteiger partial charge < -0.3 is 5.32 Å². The molecule has 6 nitrogen and oxygen atoms in total. The Morgan fingerprint density at radius 3 is 2.74 bits per heavy atom. The molecular formula is C19H20ClN5OS. The summed E-state index contributed by atoms with van der Waals surface area (Å²) in [5, 5.41) is 15.7. The number of aryl methyl sites for hydroxylation is 2. The van der Waals surface area contributed by atoms with E-state index in [0.29, 0.717) is 15.9 Å². The van der Waals surface area contributed by atoms with Crippen LogP contribution in [0.1, 0.15) is 23.6 Å². The molecule has 1 N–H and O–H groups in total. The lowest BCUT2D eigenvalue weighted by molar-refractivity contribution is -0.115. The number of thioether (sulfide) groups is 1. The molecule has 0 spiro atoms. The molecule has 0 aliphatic rings. The fraction of sp³-hybridized carbons (Fsp3) is 0.263. The lowest BCUT2D eigenvalue weighted by Crippen LogP contribution is -2.23. The number of halogens is 1. The van der Waals surface area contributed by atoms with Crippen molar-refractivity contribution in [2.75, 3.05) is 5.32 Å². The monoisotopic (exact) mass is 401 g/mol. The number of aromatic nitrogens is 4. The van der Waals surface area contributed by atoms with Crippen molar-refractivity contribution in [2.24, 2.45) is 0 Å². The smallest absolute Gasteiger partial charge is 0.237 e. The third-order valence-electron chi connectivity index (χ3n) is 4.20. The van der Waals surface area contributed by atoms with Crippen molar-refractivity contribution in [1.82, 2.24) is 20.2 Å². The maximum atomic E-state index is 12.6. The largest absolute Gasteiger partial charge is 0.325 e. The number of carbonyl (C=O) groups excluding carboxylic acids is 1. The highest BCUT2D eigenvalue weighted by molar-refractivity contribution is 8.00. The molecular weight excluding hydrogens is 382 g/mol. The molecule has 8 heteroatoms. The van der Waals surface area contributed by atoms with Gasteiger partial charge in [0.05, 0.1) is 10.9 Å². The van der Waals surface area contributed by atoms with Crippen molar-refractivity contribution in [3.63, 3.8) is 0 Å². The first-order valence-electron chi connectivity index (χ1n) is 8.45. The minimum atomic E-state index is -0.390. The number of nitrogens with one attached hydrogen (secondary N) is 1. The van der Waals surface area contributed by atoms with E-state index in [1.807, 2.05) is 52.0 Å². The number of anilines is 1. The molecule has 0 fully saturated rings. The Morgan fingerprint density at radius 1 is 1.22 bits per heavy atom. The molecule has 140 valence electrons. The van der Waals surface area contributed by atoms with Crippen molar-refractivity contribution in [3.05, 3.63) is 58.1 Å². The number of tetrazole rings is 1. The average Bonchev–Trinajstić information content (AvgIpc) is 3.06. The Hall–Kier alpha value is -2.38. The molecule has 1 amide bonds. The predicted octanol–water partition coefficient (Wildman–Crippen LogP) is 4.36. The minimum absolute atomic E-state index is 0.138. The predicted molar refractivity (Wildman–Crippen MR) is 109 cm³/mol. The number of hydrogen-bond acceptors (Lipinski definition) is 5. The van der Waals surface area contributed by atoms with Crippen LogP contribution in [0.2, 0.25) is 5.02 Å². The van der Waals surface area contributed by atoms with Crippen LogP contribution in [0.5, 0.6) is 0 Å². The van der Waals surface area contributed by atoms with Gasteiger partial charge in [-0.25, -0.2) is 0 Å². The molecule has 0 unspecified atom stereocenters. The van der Waals surface area contributed by atoms with Gasteiger partial charge in [0.25, 0.3) is 0 Å². The van der Waals surface area contributed by atoms with Crippen LogP contribution in [0.3, 0.4) is 0 Å². The van der Waals surface area contributed by atoms with E-state index < -0.39 is 0 Å². The van der Waals surface area contributed by atoms with Crippen LogP contribution in [0.4, 0.5) is 5.69 Å². The van der Waals surface area contributed by atoms with Gasteiger partial charge in [-0.15, -0.1) is 5.10 Å². The molecule has 3 aromatic rings. The molecule has 0 aliphatic heterocycles. The van der Waals surface area contributed by atoms with E-state index in [1.165, 1.54) is 17.3 Å². The fourth-order valence-corrected chi connectivity index (χ4v) is 3.61. The maximum Gasteiger partial charge on any atom is 0.237 e. The molecule has 0 bridgehead atoms. The van der Waals surface area contributed by atoms with Crippen LogP contribution < -0.4 is 5.32 Å². The molecule has 0 radical (unpaired) electrons. The quantitative estimate of drug-likeness (QED) is 0.643. The number of hydrogen-bond donors (Lipinski definition) is 1. The van der Waals surface area contributed by atoms with Gasteiger partial charge >= 0.3 is 0 Å². The molecule has 1 aromatic heterocycles. The average molecular weight is 402 g/mol. The lowest BCUT2D eigenvalue weighted by atomic mass is 10.1. The molecule has 3 rings (SSSR count). The van der Waals surface area contributed by atoms with Crippen LogP contribution in [0.15, 0.2) is 41.6 Å². The summed E-state index contributed by atoms with van der Waals surface area (Å²) in [6, 6.07) is 11.5. The van der Waals surface area contributed by atoms with E-state index in [-0.39, 0.29) is 11.2 Å². The highest BCUT2D eigenvalue weighted by Gasteiger charge is 2.20. The highest BCUT2D eigenvalue weighted by Crippen LogP contribution is 2.27. The van der Waals surface area contributed by atoms with Gasteiger partial charge in [-0.1, -0.05) is 47.1 Å². The summed E-state index contributed by atoms with van der Waals surface area (Å²) in [7, 11) is 0. The number of amides is 1. The Labute approximate surface area is 167 Å². The van der Waals surface area contributed by atoms with Crippen molar-refractivity contribution >= 4 is 35.0 Å². The van der Waals surface area contributed by atoms with Crippen molar-refractivity contribution < 1.29 is 4.79 Å². The van der Waals surface area contributed by atoms with E-state index >= 15 is 0 Å². The van der Waals surface area contributed by atoms with Gasteiger partial charge in [0.15, 0.2) is 0 Å². The van der Waals surface area contributed by atoms with E-state index in [2.05, 4.69) is 26.9 Å². The topological polar surface area (TPSA) is 72.7 Å². The van der Waals surface area contributed by atoms with E-state index in [9.17, 15) is 4.79 Å². The summed E-state index contributed by atoms with van der Waals surface area (Å²) in [5.41, 5.74) is 4.67. The Kier molecular flexibility index (Phi) is 5.82. The standard InChI is InChI=1S/C19H20ClN5OS/c1-11-8-9-17(12(2)10-11)25-19(22-23-24-25)27-14(4)18(26)21-16-7-5-6-15(20)13(16)3/h5-10,14H,1-4H3,(H,21,26)/t14-/m0/s1. The second kappa shape index (κ2) is 8.10. The molecule has 27 heavy (non-hydrogen) atoms. The van der Waals surface area contributed by atoms with Crippen molar-refractivity contribution in [1.29, 1.82) is 0 Å². The van der Waals surface area contributed by atoms with Crippen LogP contribution in [-0.4, -0.2) is 31.4 Å². The molecule has 0 aliphatic carbocycles. The summed E-state index contributed by atoms with van der Waals surface area (Å²) >= 11 is 7.42. The Balaban J connectivity index is 1.77. The van der Waals surface area contributed by atoms with Crippen LogP contribution in [-0.2, 0) is 4.79 Å². The summed E-state index contributed by atoms with van der Waals surface area (Å²) < 4.78 is 1.66. The first-order chi connectivity index (χ1) is 12.9. The summed E-state index contributed by atoms with van der Waals surface area (Å²) in [4.78, 5) is 12.6. The number of carbonyl (C=O) groups is 1. The zero-order chi connectivity index (χ0) is 19.6. The number of benzene rings is 2. The first kappa shape index (κ1) is 19.4. The molecule has 0 saturated carbocycles. The summed E-state index contributed by atoms with van der Waals surface area (Å²) in [6.45, 7) is 7.74. The zero-order valence-corrected chi connectivity index (χ0v) is 17.1. The SMILES string of the molecule is Cc1ccc(-n2nnnc2S[C@@H](C)C(=O)Nc2cccc(Cl)c2C)c(C)c1. The lowest BCUT2D eigenvalue weighted by Gasteiger charge is -2.14. The van der Waals surface area contributed by atoms with Gasteiger partial charge in [-0.3, -0.25) is 4.79 Å². The zero-order valence-electron chi connectivity index (χ0n) is 15.5. The molecule has 1 heterocycles. The fourth-order valence-electron chi connectivity index (χ4n) is 2.64. The molecule has 0 saturated heterocycles. The number of rotatable bonds is 5. The Morgan fingerprint density at radius 2 is 2.00 bits per heavy atom. The van der Waals surface area contributed by atoms with Gasteiger partial charge in [0, 0.05) is 10.7 Å². The van der Waals surface area contributed by atoms with Crippen LogP contribution >= 0.6 is 23.4 Å². The number of nitrogens with zero attached hydrogens (tertiary/aromatic N) is 4. The summed E-state index contributed by atoms with van der Waals surface area (Å²) in [5.74, 6) is -0.138. The van der Waals surface area contributed by atoms with Crippen molar-refractivity contribution in [3.8, 4) is 5.69 Å². The second-order valence-electron chi connectivity index (χ2n) is 6.32. The van der Waals surface area contributed by atoms with Gasteiger partial charge in [-0.05, 0) is 67.4 Å². The third kappa shape index (κ3) is 4.31. The highest BCUT2D eigenvalue weighted by atomic mass is 35.5. The van der Waals surface area contributed by atoms with Crippen molar-refractivity contribution in [2.45, 2.75) is 38.1 Å². The van der Waals surface area contributed by atoms with Gasteiger partial charge in [0.2, 0.25) is 11.1 Å². The first-order valence-corrected chi connectivity index (χ1v) is 9.71. The van der Waals surface area contributed by atoms with Crippen LogP contribution in [0.25, 0.3) is 5.69 Å². The Bertz CT molecular complexity index is 988. The normalized spacial score (nSPS) is 12.0. The maximum absolute atomic E-state index is 12.6. The van der Waals surface area contributed by atoms with Gasteiger partial charge in [0.1, 0.15) is 0 Å². The van der Waals surface area contributed by atoms with E-state index in [4.69, 9.17) is 11.6 Å². The second-order valence-corrected chi connectivity index (χ2v) is 8.04.